The first-order chi connectivity index (χ1) is 16.2. The summed E-state index contributed by atoms with van der Waals surface area (Å²) in [7, 11) is 1.46. The zero-order valence-corrected chi connectivity index (χ0v) is 18.8. The summed E-state index contributed by atoms with van der Waals surface area (Å²) in [4.78, 5) is 0.863. The third kappa shape index (κ3) is 4.54. The van der Waals surface area contributed by atoms with Crippen LogP contribution in [0.1, 0.15) is 5.56 Å². The van der Waals surface area contributed by atoms with Crippen molar-refractivity contribution < 1.29 is 18.6 Å². The maximum Gasteiger partial charge on any atom is 0.165 e. The van der Waals surface area contributed by atoms with Crippen LogP contribution in [0, 0.1) is 5.82 Å². The molecule has 0 atom stereocenters. The monoisotopic (exact) mass is 456 g/mol. The summed E-state index contributed by atoms with van der Waals surface area (Å²) in [5, 5.41) is 0.984. The fraction of sp³-hybridized carbons (Fsp3) is 0.0714. The molecule has 5 aromatic rings. The smallest absolute Gasteiger partial charge is 0.165 e. The second-order valence-electron chi connectivity index (χ2n) is 7.45. The third-order valence-corrected chi connectivity index (χ3v) is 6.46. The first-order valence-corrected chi connectivity index (χ1v) is 11.3. The Labute approximate surface area is 195 Å². The average molecular weight is 457 g/mol. The predicted octanol–water partition coefficient (Wildman–Crippen LogP) is 8.09. The number of thiophene rings is 1. The molecule has 3 nitrogen and oxygen atoms in total. The minimum Gasteiger partial charge on any atom is -0.494 e. The predicted molar refractivity (Wildman–Crippen MR) is 131 cm³/mol. The zero-order chi connectivity index (χ0) is 22.6. The van der Waals surface area contributed by atoms with E-state index in [0.29, 0.717) is 18.1 Å². The first-order valence-electron chi connectivity index (χ1n) is 10.5. The van der Waals surface area contributed by atoms with Crippen molar-refractivity contribution in [2.75, 3.05) is 7.11 Å². The van der Waals surface area contributed by atoms with Crippen LogP contribution < -0.4 is 14.2 Å². The maximum atomic E-state index is 14.4. The summed E-state index contributed by atoms with van der Waals surface area (Å²) in [6.07, 6.45) is 0. The minimum atomic E-state index is -0.404. The Kier molecular flexibility index (Phi) is 5.96. The van der Waals surface area contributed by atoms with Gasteiger partial charge in [-0.25, -0.2) is 4.39 Å². The standard InChI is InChI=1S/C28H21FO3S/c1-30-25-16-11-20(17-24(25)29)28-27(23-9-5-6-10-26(23)33-28)32-22-14-12-21(13-15-22)31-18-19-7-3-2-4-8-19/h2-17H,18H2,1H3. The molecule has 0 spiro atoms. The molecule has 0 aliphatic heterocycles. The van der Waals surface area contributed by atoms with Gasteiger partial charge >= 0.3 is 0 Å². The van der Waals surface area contributed by atoms with Crippen molar-refractivity contribution >= 4 is 21.4 Å². The number of methoxy groups -OCH3 is 1. The molecule has 0 aliphatic rings. The molecule has 0 bridgehead atoms. The molecular formula is C28H21FO3S. The van der Waals surface area contributed by atoms with Gasteiger partial charge in [0.05, 0.1) is 12.0 Å². The Morgan fingerprint density at radius 3 is 2.27 bits per heavy atom. The zero-order valence-electron chi connectivity index (χ0n) is 18.0. The Balaban J connectivity index is 1.42. The van der Waals surface area contributed by atoms with E-state index in [4.69, 9.17) is 14.2 Å². The van der Waals surface area contributed by atoms with Gasteiger partial charge in [-0.1, -0.05) is 42.5 Å². The Morgan fingerprint density at radius 1 is 0.788 bits per heavy atom. The van der Waals surface area contributed by atoms with Crippen molar-refractivity contribution in [1.82, 2.24) is 0 Å². The number of rotatable bonds is 7. The number of ether oxygens (including phenoxy) is 3. The second kappa shape index (κ2) is 9.35. The topological polar surface area (TPSA) is 27.7 Å². The van der Waals surface area contributed by atoms with Gasteiger partial charge < -0.3 is 14.2 Å². The summed E-state index contributed by atoms with van der Waals surface area (Å²) < 4.78 is 32.8. The summed E-state index contributed by atoms with van der Waals surface area (Å²) in [5.74, 6) is 1.96. The molecule has 164 valence electrons. The van der Waals surface area contributed by atoms with Gasteiger partial charge in [-0.3, -0.25) is 0 Å². The van der Waals surface area contributed by atoms with Crippen molar-refractivity contribution in [2.24, 2.45) is 0 Å². The van der Waals surface area contributed by atoms with Crippen molar-refractivity contribution in [3.05, 3.63) is 108 Å². The molecule has 0 saturated carbocycles. The lowest BCUT2D eigenvalue weighted by Crippen LogP contribution is -1.94. The van der Waals surface area contributed by atoms with E-state index >= 15 is 0 Å². The van der Waals surface area contributed by atoms with Crippen LogP contribution in [0.5, 0.6) is 23.0 Å². The van der Waals surface area contributed by atoms with Gasteiger partial charge in [0.1, 0.15) is 18.1 Å². The molecule has 5 rings (SSSR count). The van der Waals surface area contributed by atoms with E-state index in [9.17, 15) is 4.39 Å². The SMILES string of the molecule is COc1ccc(-c2sc3ccccc3c2Oc2ccc(OCc3ccccc3)cc2)cc1F. The fourth-order valence-corrected chi connectivity index (χ4v) is 4.71. The van der Waals surface area contributed by atoms with Crippen LogP contribution in [0.2, 0.25) is 0 Å². The molecule has 0 saturated heterocycles. The van der Waals surface area contributed by atoms with Crippen LogP contribution in [-0.4, -0.2) is 7.11 Å². The summed E-state index contributed by atoms with van der Waals surface area (Å²) in [6, 6.07) is 30.5. The quantitative estimate of drug-likeness (QED) is 0.248. The third-order valence-electron chi connectivity index (χ3n) is 5.26. The van der Waals surface area contributed by atoms with Crippen molar-refractivity contribution in [2.45, 2.75) is 6.61 Å². The van der Waals surface area contributed by atoms with E-state index < -0.39 is 5.82 Å². The average Bonchev–Trinajstić information content (AvgIpc) is 3.22. The number of benzene rings is 4. The summed E-state index contributed by atoms with van der Waals surface area (Å²) in [6.45, 7) is 0.503. The first kappa shape index (κ1) is 21.0. The van der Waals surface area contributed by atoms with Crippen LogP contribution in [0.25, 0.3) is 20.5 Å². The van der Waals surface area contributed by atoms with Crippen molar-refractivity contribution in [1.29, 1.82) is 0 Å². The lowest BCUT2D eigenvalue weighted by atomic mass is 10.1. The fourth-order valence-electron chi connectivity index (χ4n) is 3.58. The molecule has 1 heterocycles. The van der Waals surface area contributed by atoms with E-state index in [2.05, 4.69) is 0 Å². The van der Waals surface area contributed by atoms with Crippen LogP contribution in [0.4, 0.5) is 4.39 Å². The highest BCUT2D eigenvalue weighted by atomic mass is 32.1. The van der Waals surface area contributed by atoms with Crippen LogP contribution in [0.3, 0.4) is 0 Å². The number of fused-ring (bicyclic) bond motifs is 1. The summed E-state index contributed by atoms with van der Waals surface area (Å²) in [5.41, 5.74) is 1.85. The van der Waals surface area contributed by atoms with Crippen LogP contribution in [0.15, 0.2) is 97.1 Å². The van der Waals surface area contributed by atoms with Crippen molar-refractivity contribution in [3.8, 4) is 33.4 Å². The van der Waals surface area contributed by atoms with E-state index in [0.717, 1.165) is 31.8 Å². The Bertz CT molecular complexity index is 1380. The lowest BCUT2D eigenvalue weighted by molar-refractivity contribution is 0.306. The Hall–Kier alpha value is -3.83. The molecule has 0 N–H and O–H groups in total. The minimum absolute atomic E-state index is 0.216. The molecule has 0 unspecified atom stereocenters. The highest BCUT2D eigenvalue weighted by Crippen LogP contribution is 2.46. The number of hydrogen-bond donors (Lipinski definition) is 0. The normalized spacial score (nSPS) is 10.8. The molecule has 0 radical (unpaired) electrons. The molecule has 1 aromatic heterocycles. The molecule has 0 aliphatic carbocycles. The summed E-state index contributed by atoms with van der Waals surface area (Å²) >= 11 is 1.57. The number of hydrogen-bond acceptors (Lipinski definition) is 4. The van der Waals surface area contributed by atoms with Gasteiger partial charge in [0, 0.05) is 10.1 Å². The molecular weight excluding hydrogens is 435 g/mol. The number of halogens is 1. The van der Waals surface area contributed by atoms with Gasteiger partial charge in [-0.15, -0.1) is 11.3 Å². The van der Waals surface area contributed by atoms with Gasteiger partial charge in [0.25, 0.3) is 0 Å². The highest BCUT2D eigenvalue weighted by Gasteiger charge is 2.17. The van der Waals surface area contributed by atoms with E-state index in [1.807, 2.05) is 84.9 Å². The van der Waals surface area contributed by atoms with E-state index in [1.165, 1.54) is 13.2 Å². The van der Waals surface area contributed by atoms with Gasteiger partial charge in [-0.05, 0) is 65.7 Å². The molecule has 33 heavy (non-hydrogen) atoms. The lowest BCUT2D eigenvalue weighted by Gasteiger charge is -2.11. The molecule has 4 aromatic carbocycles. The van der Waals surface area contributed by atoms with Gasteiger partial charge in [0.2, 0.25) is 0 Å². The van der Waals surface area contributed by atoms with Gasteiger partial charge in [0.15, 0.2) is 17.3 Å². The van der Waals surface area contributed by atoms with Gasteiger partial charge in [-0.2, -0.15) is 0 Å². The van der Waals surface area contributed by atoms with Crippen LogP contribution >= 0.6 is 11.3 Å². The molecule has 5 heteroatoms. The Morgan fingerprint density at radius 2 is 1.52 bits per heavy atom. The maximum absolute atomic E-state index is 14.4. The van der Waals surface area contributed by atoms with Crippen molar-refractivity contribution in [3.63, 3.8) is 0 Å². The van der Waals surface area contributed by atoms with E-state index in [-0.39, 0.29) is 5.75 Å². The molecule has 0 fully saturated rings. The van der Waals surface area contributed by atoms with Crippen LogP contribution in [-0.2, 0) is 6.61 Å². The largest absolute Gasteiger partial charge is 0.494 e. The highest BCUT2D eigenvalue weighted by molar-refractivity contribution is 7.22. The second-order valence-corrected chi connectivity index (χ2v) is 8.51. The van der Waals surface area contributed by atoms with E-state index in [1.54, 1.807) is 17.4 Å². The molecule has 0 amide bonds.